The Kier molecular flexibility index (Phi) is 60.4. The number of quaternary nitrogens is 1. The van der Waals surface area contributed by atoms with Crippen LogP contribution in [-0.2, 0) is 33.3 Å². The first-order valence-corrected chi connectivity index (χ1v) is 33.7. The highest BCUT2D eigenvalue weighted by molar-refractivity contribution is 5.70. The van der Waals surface area contributed by atoms with Crippen molar-refractivity contribution in [3.8, 4) is 0 Å². The molecule has 9 nitrogen and oxygen atoms in total. The standard InChI is InChI=1S/C74H125NO8/c1-6-8-10-12-14-16-18-20-22-24-26-28-30-32-33-34-35-36-37-38-39-41-42-44-46-48-50-52-54-56-58-60-62-64-71(76)81-68-70(69-82-74(73(78)79)80-67-66-75(3,4)5)83-72(77)65-63-61-59-57-55-53-51-49-47-45-43-40-31-29-27-25-23-21-19-17-15-13-11-9-7-2/h9,11,15,17-18,20-21,23-24,26-27,29-30,32,40,43,47,49,53,55,70,74H,6-8,10,12-14,16,19,22,25,28,31,33-39,41-42,44-46,48,50-52,54,56-69H2,1-5H3/b11-9-,17-15-,20-18-,23-21-,26-24-,29-27-,32-30-,43-40-,49-47-,55-53-. The summed E-state index contributed by atoms with van der Waals surface area (Å²) in [5.74, 6) is -2.33. The summed E-state index contributed by atoms with van der Waals surface area (Å²) in [7, 11) is 5.91. The van der Waals surface area contributed by atoms with Crippen LogP contribution >= 0.6 is 0 Å². The summed E-state index contributed by atoms with van der Waals surface area (Å²) in [6.45, 7) is 4.59. The molecule has 0 bridgehead atoms. The van der Waals surface area contributed by atoms with E-state index in [1.165, 1.54) is 141 Å². The zero-order valence-electron chi connectivity index (χ0n) is 54.0. The summed E-state index contributed by atoms with van der Waals surface area (Å²) in [6, 6.07) is 0. The predicted octanol–water partition coefficient (Wildman–Crippen LogP) is 19.5. The number of rotatable bonds is 61. The van der Waals surface area contributed by atoms with Crippen molar-refractivity contribution in [2.75, 3.05) is 47.5 Å². The Balaban J connectivity index is 4.19. The van der Waals surface area contributed by atoms with Gasteiger partial charge in [0, 0.05) is 12.8 Å². The van der Waals surface area contributed by atoms with Crippen molar-refractivity contribution in [1.29, 1.82) is 0 Å². The summed E-state index contributed by atoms with van der Waals surface area (Å²) in [6.07, 6.45) is 87.0. The van der Waals surface area contributed by atoms with Gasteiger partial charge < -0.3 is 33.3 Å². The van der Waals surface area contributed by atoms with Crippen LogP contribution in [0.5, 0.6) is 0 Å². The van der Waals surface area contributed by atoms with E-state index >= 15 is 0 Å². The maximum atomic E-state index is 12.9. The van der Waals surface area contributed by atoms with Gasteiger partial charge in [-0.05, 0) is 109 Å². The molecule has 0 aliphatic heterocycles. The lowest BCUT2D eigenvalue weighted by Crippen LogP contribution is -2.44. The maximum Gasteiger partial charge on any atom is 0.306 e. The van der Waals surface area contributed by atoms with E-state index in [1.54, 1.807) is 0 Å². The van der Waals surface area contributed by atoms with E-state index in [0.717, 1.165) is 96.3 Å². The Labute approximate surface area is 510 Å². The van der Waals surface area contributed by atoms with E-state index in [0.29, 0.717) is 17.4 Å². The molecule has 0 aromatic carbocycles. The Morgan fingerprint density at radius 3 is 1.04 bits per heavy atom. The number of unbranched alkanes of at least 4 members (excludes halogenated alkanes) is 26. The third-order valence-electron chi connectivity index (χ3n) is 14.2. The van der Waals surface area contributed by atoms with Gasteiger partial charge >= 0.3 is 11.9 Å². The van der Waals surface area contributed by atoms with Crippen molar-refractivity contribution in [2.24, 2.45) is 0 Å². The highest BCUT2D eigenvalue weighted by Crippen LogP contribution is 2.16. The number of carboxylic acid groups (broad SMARTS) is 1. The van der Waals surface area contributed by atoms with Crippen LogP contribution in [0.4, 0.5) is 0 Å². The summed E-state index contributed by atoms with van der Waals surface area (Å²) in [5, 5.41) is 11.8. The van der Waals surface area contributed by atoms with Gasteiger partial charge in [0.2, 0.25) is 0 Å². The molecule has 9 heteroatoms. The molecule has 0 saturated heterocycles. The number of likely N-dealkylation sites (N-methyl/N-ethyl adjacent to an activating group) is 1. The van der Waals surface area contributed by atoms with Gasteiger partial charge in [-0.3, -0.25) is 9.59 Å². The van der Waals surface area contributed by atoms with Crippen LogP contribution in [0, 0.1) is 0 Å². The first-order valence-electron chi connectivity index (χ1n) is 33.7. The first-order chi connectivity index (χ1) is 40.6. The van der Waals surface area contributed by atoms with Crippen molar-refractivity contribution >= 4 is 17.9 Å². The molecule has 0 aromatic rings. The minimum Gasteiger partial charge on any atom is -0.545 e. The lowest BCUT2D eigenvalue weighted by molar-refractivity contribution is -0.870. The molecule has 2 atom stereocenters. The largest absolute Gasteiger partial charge is 0.545 e. The highest BCUT2D eigenvalue weighted by Gasteiger charge is 2.22. The maximum absolute atomic E-state index is 12.9. The highest BCUT2D eigenvalue weighted by atomic mass is 16.7. The third-order valence-corrected chi connectivity index (χ3v) is 14.2. The Bertz CT molecular complexity index is 1780. The molecule has 0 spiro atoms. The van der Waals surface area contributed by atoms with Crippen molar-refractivity contribution in [3.05, 3.63) is 122 Å². The molecule has 0 amide bonds. The van der Waals surface area contributed by atoms with Crippen LogP contribution in [0.3, 0.4) is 0 Å². The van der Waals surface area contributed by atoms with E-state index < -0.39 is 24.3 Å². The molecule has 0 heterocycles. The number of carboxylic acids is 1. The van der Waals surface area contributed by atoms with E-state index in [4.69, 9.17) is 18.9 Å². The lowest BCUT2D eigenvalue weighted by atomic mass is 10.0. The van der Waals surface area contributed by atoms with Crippen LogP contribution in [0.25, 0.3) is 0 Å². The van der Waals surface area contributed by atoms with Crippen LogP contribution in [-0.4, -0.2) is 82.3 Å². The number of hydrogen-bond donors (Lipinski definition) is 0. The summed E-state index contributed by atoms with van der Waals surface area (Å²) < 4.78 is 22.7. The smallest absolute Gasteiger partial charge is 0.306 e. The second-order valence-electron chi connectivity index (χ2n) is 23.4. The number of carbonyl (C=O) groups excluding carboxylic acids is 3. The summed E-state index contributed by atoms with van der Waals surface area (Å²) >= 11 is 0. The minimum absolute atomic E-state index is 0.135. The number of nitrogens with zero attached hydrogens (tertiary/aromatic N) is 1. The van der Waals surface area contributed by atoms with E-state index in [2.05, 4.69) is 135 Å². The molecule has 0 aromatic heterocycles. The third kappa shape index (κ3) is 65.1. The number of aliphatic carboxylic acids is 1. The van der Waals surface area contributed by atoms with Crippen molar-refractivity contribution in [2.45, 2.75) is 283 Å². The van der Waals surface area contributed by atoms with Crippen molar-refractivity contribution in [3.63, 3.8) is 0 Å². The zero-order chi connectivity index (χ0) is 60.5. The molecule has 0 aliphatic rings. The van der Waals surface area contributed by atoms with Crippen LogP contribution in [0.2, 0.25) is 0 Å². The van der Waals surface area contributed by atoms with Gasteiger partial charge in [0.15, 0.2) is 12.4 Å². The van der Waals surface area contributed by atoms with Gasteiger partial charge in [-0.25, -0.2) is 0 Å². The predicted molar refractivity (Wildman–Crippen MR) is 352 cm³/mol. The Hall–Kier alpha value is -4.31. The average Bonchev–Trinajstić information content (AvgIpc) is 3.46. The lowest BCUT2D eigenvalue weighted by Gasteiger charge is -2.26. The van der Waals surface area contributed by atoms with Gasteiger partial charge in [-0.1, -0.05) is 270 Å². The normalized spacial score (nSPS) is 13.5. The fourth-order valence-electron chi connectivity index (χ4n) is 9.05. The molecule has 83 heavy (non-hydrogen) atoms. The fourth-order valence-corrected chi connectivity index (χ4v) is 9.05. The Morgan fingerprint density at radius 2 is 0.687 bits per heavy atom. The molecule has 0 aliphatic carbocycles. The second kappa shape index (κ2) is 63.7. The van der Waals surface area contributed by atoms with E-state index in [9.17, 15) is 19.5 Å². The van der Waals surface area contributed by atoms with E-state index in [-0.39, 0.29) is 38.6 Å². The van der Waals surface area contributed by atoms with Gasteiger partial charge in [-0.15, -0.1) is 0 Å². The van der Waals surface area contributed by atoms with Crippen LogP contribution in [0.15, 0.2) is 122 Å². The zero-order valence-corrected chi connectivity index (χ0v) is 54.0. The number of esters is 2. The van der Waals surface area contributed by atoms with Crippen molar-refractivity contribution in [1.82, 2.24) is 0 Å². The molecular weight excluding hydrogens is 1030 g/mol. The van der Waals surface area contributed by atoms with Gasteiger partial charge in [0.1, 0.15) is 13.2 Å². The number of carbonyl (C=O) groups is 3. The molecule has 0 rings (SSSR count). The average molecular weight is 1160 g/mol. The van der Waals surface area contributed by atoms with Gasteiger partial charge in [-0.2, -0.15) is 0 Å². The van der Waals surface area contributed by atoms with E-state index in [1.807, 2.05) is 21.1 Å². The van der Waals surface area contributed by atoms with Gasteiger partial charge in [0.25, 0.3) is 0 Å². The molecule has 0 radical (unpaired) electrons. The summed E-state index contributed by atoms with van der Waals surface area (Å²) in [4.78, 5) is 37.4. The molecule has 0 fully saturated rings. The van der Waals surface area contributed by atoms with Crippen molar-refractivity contribution < 1.29 is 42.9 Å². The molecular formula is C74H125NO8. The molecule has 0 N–H and O–H groups in total. The van der Waals surface area contributed by atoms with Gasteiger partial charge in [0.05, 0.1) is 40.3 Å². The number of hydrogen-bond acceptors (Lipinski definition) is 8. The molecule has 474 valence electrons. The quantitative estimate of drug-likeness (QED) is 0.0195. The van der Waals surface area contributed by atoms with Crippen LogP contribution in [0.1, 0.15) is 271 Å². The molecule has 0 saturated carbocycles. The van der Waals surface area contributed by atoms with Crippen LogP contribution < -0.4 is 5.11 Å². The summed E-state index contributed by atoms with van der Waals surface area (Å²) in [5.41, 5.74) is 0. The first kappa shape index (κ1) is 78.7. The SMILES string of the molecule is CC/C=C\C/C=C\C/C=C\C/C=C\C/C=C\C/C=C\C/C=C\CCCCCC(=O)OC(COC(=O)CCCCCCCCCCCCCCCCCCCC/C=C\C/C=C\C/C=C\CCCCCCC)COC(OCC[N+](C)(C)C)C(=O)[O-]. The molecule has 2 unspecified atom stereocenters. The Morgan fingerprint density at radius 1 is 0.373 bits per heavy atom. The minimum atomic E-state index is -1.64. The number of ether oxygens (including phenoxy) is 4. The number of allylic oxidation sites excluding steroid dienone is 20. The fraction of sp³-hybridized carbons (Fsp3) is 0.689. The second-order valence-corrected chi connectivity index (χ2v) is 23.4. The topological polar surface area (TPSA) is 111 Å². The monoisotopic (exact) mass is 1160 g/mol.